The monoisotopic (exact) mass is 452 g/mol. The minimum atomic E-state index is -1.08. The molecule has 3 N–H and O–H groups in total. The predicted molar refractivity (Wildman–Crippen MR) is 129 cm³/mol. The van der Waals surface area contributed by atoms with Crippen LogP contribution in [0.25, 0.3) is 6.08 Å². The van der Waals surface area contributed by atoms with Gasteiger partial charge in [0.05, 0.1) is 20.3 Å². The lowest BCUT2D eigenvalue weighted by Gasteiger charge is -2.14. The Morgan fingerprint density at radius 2 is 1.70 bits per heavy atom. The van der Waals surface area contributed by atoms with E-state index >= 15 is 0 Å². The standard InChI is InChI=1S/C26H32N2O5/c1-20(24(29)19-33-18-22-10-13-23(32-2)14-11-22)26(31)28-17-7-6-16-27-25(30)15-12-21-8-4-3-5-9-21/h3-5,8-15,24,29H,1,6-7,16-19H2,2H3,(H,27,30)(H,28,31)/b15-12+. The fraction of sp³-hybridized carbons (Fsp3) is 0.308. The van der Waals surface area contributed by atoms with E-state index in [2.05, 4.69) is 17.2 Å². The summed E-state index contributed by atoms with van der Waals surface area (Å²) in [6, 6.07) is 17.0. The van der Waals surface area contributed by atoms with E-state index in [1.165, 1.54) is 6.08 Å². The molecule has 0 radical (unpaired) electrons. The van der Waals surface area contributed by atoms with E-state index in [9.17, 15) is 14.7 Å². The van der Waals surface area contributed by atoms with Crippen LogP contribution in [0.2, 0.25) is 0 Å². The van der Waals surface area contributed by atoms with Crippen LogP contribution in [0.3, 0.4) is 0 Å². The van der Waals surface area contributed by atoms with Crippen molar-refractivity contribution >= 4 is 17.9 Å². The third-order valence-electron chi connectivity index (χ3n) is 4.81. The van der Waals surface area contributed by atoms with E-state index in [1.807, 2.05) is 54.6 Å². The van der Waals surface area contributed by atoms with Crippen LogP contribution in [-0.2, 0) is 20.9 Å². The predicted octanol–water partition coefficient (Wildman–Crippen LogP) is 2.85. The number of carbonyl (C=O) groups excluding carboxylic acids is 2. The number of ether oxygens (including phenoxy) is 2. The molecule has 0 aliphatic carbocycles. The number of methoxy groups -OCH3 is 1. The number of aliphatic hydroxyl groups is 1. The molecule has 2 amide bonds. The van der Waals surface area contributed by atoms with Crippen LogP contribution < -0.4 is 15.4 Å². The molecule has 0 fully saturated rings. The zero-order valence-corrected chi connectivity index (χ0v) is 19.0. The highest BCUT2D eigenvalue weighted by molar-refractivity contribution is 5.93. The van der Waals surface area contributed by atoms with Crippen molar-refractivity contribution in [3.8, 4) is 5.75 Å². The van der Waals surface area contributed by atoms with E-state index in [4.69, 9.17) is 9.47 Å². The maximum absolute atomic E-state index is 12.1. The van der Waals surface area contributed by atoms with Gasteiger partial charge >= 0.3 is 0 Å². The molecular weight excluding hydrogens is 420 g/mol. The van der Waals surface area contributed by atoms with Crippen molar-refractivity contribution in [2.24, 2.45) is 0 Å². The van der Waals surface area contributed by atoms with E-state index in [0.29, 0.717) is 32.5 Å². The fourth-order valence-corrected chi connectivity index (χ4v) is 2.83. The summed E-state index contributed by atoms with van der Waals surface area (Å²) < 4.78 is 10.6. The number of amides is 2. The molecule has 2 aromatic carbocycles. The lowest BCUT2D eigenvalue weighted by Crippen LogP contribution is -2.33. The highest BCUT2D eigenvalue weighted by atomic mass is 16.5. The molecule has 33 heavy (non-hydrogen) atoms. The molecule has 176 valence electrons. The summed E-state index contributed by atoms with van der Waals surface area (Å²) in [5.41, 5.74) is 1.95. The molecule has 7 nitrogen and oxygen atoms in total. The van der Waals surface area contributed by atoms with E-state index in [-0.39, 0.29) is 18.1 Å². The molecule has 0 aromatic heterocycles. The Morgan fingerprint density at radius 3 is 2.36 bits per heavy atom. The lowest BCUT2D eigenvalue weighted by atomic mass is 10.1. The van der Waals surface area contributed by atoms with Crippen LogP contribution in [0.4, 0.5) is 0 Å². The summed E-state index contributed by atoms with van der Waals surface area (Å²) in [7, 11) is 1.60. The van der Waals surface area contributed by atoms with Crippen molar-refractivity contribution in [3.05, 3.63) is 84.0 Å². The van der Waals surface area contributed by atoms with Crippen LogP contribution in [0.5, 0.6) is 5.75 Å². The molecule has 7 heteroatoms. The number of rotatable bonds is 14. The molecule has 2 aromatic rings. The van der Waals surface area contributed by atoms with Crippen molar-refractivity contribution in [2.45, 2.75) is 25.6 Å². The zero-order valence-electron chi connectivity index (χ0n) is 19.0. The molecule has 0 aliphatic heterocycles. The largest absolute Gasteiger partial charge is 0.497 e. The van der Waals surface area contributed by atoms with Crippen LogP contribution in [0.15, 0.2) is 72.8 Å². The van der Waals surface area contributed by atoms with Gasteiger partial charge in [-0.3, -0.25) is 9.59 Å². The molecule has 0 spiro atoms. The van der Waals surface area contributed by atoms with Crippen LogP contribution in [0.1, 0.15) is 24.0 Å². The Bertz CT molecular complexity index is 910. The van der Waals surface area contributed by atoms with Gasteiger partial charge in [-0.15, -0.1) is 0 Å². The summed E-state index contributed by atoms with van der Waals surface area (Å²) in [6.07, 6.45) is 3.57. The SMILES string of the molecule is C=C(C(=O)NCCCCNC(=O)/C=C/c1ccccc1)C(O)COCc1ccc(OC)cc1. The highest BCUT2D eigenvalue weighted by Crippen LogP contribution is 2.12. The number of hydrogen-bond acceptors (Lipinski definition) is 5. The number of aliphatic hydroxyl groups excluding tert-OH is 1. The second kappa shape index (κ2) is 14.6. The number of benzene rings is 2. The average Bonchev–Trinajstić information content (AvgIpc) is 2.85. The first-order valence-electron chi connectivity index (χ1n) is 10.9. The Labute approximate surface area is 195 Å². The van der Waals surface area contributed by atoms with Gasteiger partial charge in [0.1, 0.15) is 11.9 Å². The van der Waals surface area contributed by atoms with Crippen molar-refractivity contribution in [1.82, 2.24) is 10.6 Å². The van der Waals surface area contributed by atoms with E-state index in [0.717, 1.165) is 16.9 Å². The van der Waals surface area contributed by atoms with Crippen LogP contribution >= 0.6 is 0 Å². The van der Waals surface area contributed by atoms with Crippen molar-refractivity contribution in [1.29, 1.82) is 0 Å². The van der Waals surface area contributed by atoms with Crippen molar-refractivity contribution in [2.75, 3.05) is 26.8 Å². The summed E-state index contributed by atoms with van der Waals surface area (Å²) in [5.74, 6) is 0.186. The minimum absolute atomic E-state index is 0.0270. The smallest absolute Gasteiger partial charge is 0.249 e. The Kier molecular flexibility index (Phi) is 11.4. The summed E-state index contributed by atoms with van der Waals surface area (Å²) >= 11 is 0. The third-order valence-corrected chi connectivity index (χ3v) is 4.81. The van der Waals surface area contributed by atoms with Gasteiger partial charge in [-0.2, -0.15) is 0 Å². The second-order valence-corrected chi connectivity index (χ2v) is 7.40. The quantitative estimate of drug-likeness (QED) is 0.303. The molecule has 0 aliphatic rings. The molecule has 0 bridgehead atoms. The number of unbranched alkanes of at least 4 members (excludes halogenated alkanes) is 1. The molecule has 1 atom stereocenters. The van der Waals surface area contributed by atoms with Gasteiger partial charge < -0.3 is 25.2 Å². The normalized spacial score (nSPS) is 11.7. The van der Waals surface area contributed by atoms with Gasteiger partial charge in [-0.25, -0.2) is 0 Å². The van der Waals surface area contributed by atoms with Gasteiger partial charge in [-0.1, -0.05) is 49.0 Å². The van der Waals surface area contributed by atoms with E-state index in [1.54, 1.807) is 13.2 Å². The van der Waals surface area contributed by atoms with Gasteiger partial charge in [-0.05, 0) is 42.2 Å². The van der Waals surface area contributed by atoms with Gasteiger partial charge in [0, 0.05) is 24.7 Å². The number of carbonyl (C=O) groups is 2. The summed E-state index contributed by atoms with van der Waals surface area (Å²) in [5, 5.41) is 15.7. The maximum Gasteiger partial charge on any atom is 0.249 e. The van der Waals surface area contributed by atoms with E-state index < -0.39 is 12.0 Å². The Morgan fingerprint density at radius 1 is 1.03 bits per heavy atom. The Hall–Kier alpha value is -3.42. The van der Waals surface area contributed by atoms with Crippen molar-refractivity contribution in [3.63, 3.8) is 0 Å². The topological polar surface area (TPSA) is 96.9 Å². The summed E-state index contributed by atoms with van der Waals surface area (Å²) in [4.78, 5) is 23.9. The highest BCUT2D eigenvalue weighted by Gasteiger charge is 2.16. The fourth-order valence-electron chi connectivity index (χ4n) is 2.83. The molecule has 0 saturated heterocycles. The second-order valence-electron chi connectivity index (χ2n) is 7.40. The van der Waals surface area contributed by atoms with Gasteiger partial charge in [0.2, 0.25) is 11.8 Å². The zero-order chi connectivity index (χ0) is 23.9. The first-order chi connectivity index (χ1) is 16.0. The molecule has 0 saturated carbocycles. The van der Waals surface area contributed by atoms with Crippen molar-refractivity contribution < 1.29 is 24.2 Å². The minimum Gasteiger partial charge on any atom is -0.497 e. The molecule has 2 rings (SSSR count). The molecule has 0 heterocycles. The summed E-state index contributed by atoms with van der Waals surface area (Å²) in [6.45, 7) is 4.88. The van der Waals surface area contributed by atoms with Crippen LogP contribution in [-0.4, -0.2) is 49.8 Å². The first kappa shape index (κ1) is 25.8. The van der Waals surface area contributed by atoms with Crippen LogP contribution in [0, 0.1) is 0 Å². The average molecular weight is 453 g/mol. The number of hydrogen-bond donors (Lipinski definition) is 3. The molecular formula is C26H32N2O5. The maximum atomic E-state index is 12.1. The van der Waals surface area contributed by atoms with Gasteiger partial charge in [0.25, 0.3) is 0 Å². The molecule has 1 unspecified atom stereocenters. The van der Waals surface area contributed by atoms with Gasteiger partial charge in [0.15, 0.2) is 0 Å². The number of nitrogens with one attached hydrogen (secondary N) is 2. The first-order valence-corrected chi connectivity index (χ1v) is 10.9. The lowest BCUT2D eigenvalue weighted by molar-refractivity contribution is -0.119. The Balaban J connectivity index is 1.54. The third kappa shape index (κ3) is 10.2.